The molecule has 0 aliphatic rings. The molecule has 104 valence electrons. The van der Waals surface area contributed by atoms with Crippen molar-refractivity contribution in [3.8, 4) is 0 Å². The molecule has 3 nitrogen and oxygen atoms in total. The van der Waals surface area contributed by atoms with Crippen LogP contribution in [0.4, 0.5) is 0 Å². The van der Waals surface area contributed by atoms with Crippen molar-refractivity contribution in [2.45, 2.75) is 20.8 Å². The van der Waals surface area contributed by atoms with E-state index in [1.807, 2.05) is 6.92 Å². The molecule has 18 heavy (non-hydrogen) atoms. The molecule has 1 unspecified atom stereocenters. The lowest BCUT2D eigenvalue weighted by atomic mass is 10.4. The normalized spacial score (nSPS) is 14.3. The SMILES string of the molecule is C=C(C)C[S+]([O-])S/C=C(/C)CS(=O)(=O)CC(=C)C. The van der Waals surface area contributed by atoms with Gasteiger partial charge in [-0.2, -0.15) is 0 Å². The smallest absolute Gasteiger partial charge is 0.157 e. The Hall–Kier alpha value is -0.170. The number of hydrogen-bond donors (Lipinski definition) is 0. The molecule has 0 saturated carbocycles. The second kappa shape index (κ2) is 8.09. The summed E-state index contributed by atoms with van der Waals surface area (Å²) in [6.07, 6.45) is 0. The van der Waals surface area contributed by atoms with Gasteiger partial charge in [0.1, 0.15) is 16.5 Å². The summed E-state index contributed by atoms with van der Waals surface area (Å²) < 4.78 is 34.9. The largest absolute Gasteiger partial charge is 0.605 e. The zero-order valence-electron chi connectivity index (χ0n) is 11.1. The van der Waals surface area contributed by atoms with Crippen LogP contribution in [0.15, 0.2) is 35.3 Å². The van der Waals surface area contributed by atoms with Gasteiger partial charge in [0, 0.05) is 15.6 Å². The minimum absolute atomic E-state index is 0.00228. The van der Waals surface area contributed by atoms with Gasteiger partial charge < -0.3 is 4.55 Å². The van der Waals surface area contributed by atoms with E-state index in [1.165, 1.54) is 0 Å². The number of hydrogen-bond acceptors (Lipinski definition) is 4. The van der Waals surface area contributed by atoms with E-state index >= 15 is 0 Å². The van der Waals surface area contributed by atoms with Crippen molar-refractivity contribution in [2.75, 3.05) is 17.3 Å². The van der Waals surface area contributed by atoms with Gasteiger partial charge in [-0.3, -0.25) is 0 Å². The first-order chi connectivity index (χ1) is 8.12. The van der Waals surface area contributed by atoms with Gasteiger partial charge >= 0.3 is 0 Å². The molecule has 0 radical (unpaired) electrons. The Morgan fingerprint density at radius 2 is 1.78 bits per heavy atom. The van der Waals surface area contributed by atoms with Gasteiger partial charge in [-0.05, 0) is 31.9 Å². The van der Waals surface area contributed by atoms with Crippen LogP contribution in [0.25, 0.3) is 0 Å². The third-order valence-corrected chi connectivity index (χ3v) is 6.19. The van der Waals surface area contributed by atoms with E-state index in [0.717, 1.165) is 16.4 Å². The first-order valence-corrected chi connectivity index (χ1v) is 9.86. The zero-order chi connectivity index (χ0) is 14.3. The summed E-state index contributed by atoms with van der Waals surface area (Å²) in [6, 6.07) is 0. The molecule has 0 aliphatic heterocycles. The van der Waals surface area contributed by atoms with Gasteiger partial charge in [0.15, 0.2) is 9.84 Å². The molecule has 0 spiro atoms. The summed E-state index contributed by atoms with van der Waals surface area (Å²) in [4.78, 5) is 0. The summed E-state index contributed by atoms with van der Waals surface area (Å²) in [5.74, 6) is 0.405. The predicted octanol–water partition coefficient (Wildman–Crippen LogP) is 2.85. The van der Waals surface area contributed by atoms with E-state index in [2.05, 4.69) is 13.2 Å². The summed E-state index contributed by atoms with van der Waals surface area (Å²) >= 11 is 0. The van der Waals surface area contributed by atoms with Crippen molar-refractivity contribution in [2.24, 2.45) is 0 Å². The molecule has 0 amide bonds. The lowest BCUT2D eigenvalue weighted by Gasteiger charge is -2.07. The third-order valence-electron chi connectivity index (χ3n) is 1.63. The summed E-state index contributed by atoms with van der Waals surface area (Å²) in [6.45, 7) is 12.5. The maximum Gasteiger partial charge on any atom is 0.157 e. The molecule has 0 N–H and O–H groups in total. The lowest BCUT2D eigenvalue weighted by molar-refractivity contribution is 0.600. The molecule has 0 saturated heterocycles. The fraction of sp³-hybridized carbons (Fsp3) is 0.500. The van der Waals surface area contributed by atoms with Crippen LogP contribution >= 0.6 is 10.8 Å². The fourth-order valence-corrected chi connectivity index (χ4v) is 5.36. The highest BCUT2D eigenvalue weighted by Gasteiger charge is 2.13. The van der Waals surface area contributed by atoms with Crippen LogP contribution in [0.3, 0.4) is 0 Å². The maximum absolute atomic E-state index is 11.7. The van der Waals surface area contributed by atoms with Crippen LogP contribution in [-0.4, -0.2) is 30.2 Å². The molecule has 0 aliphatic carbocycles. The van der Waals surface area contributed by atoms with Gasteiger partial charge in [0.2, 0.25) is 0 Å². The van der Waals surface area contributed by atoms with Crippen molar-refractivity contribution < 1.29 is 13.0 Å². The molecule has 0 rings (SSSR count). The van der Waals surface area contributed by atoms with Gasteiger partial charge in [-0.15, -0.1) is 0 Å². The van der Waals surface area contributed by atoms with Crippen LogP contribution in [-0.2, 0) is 20.0 Å². The highest BCUT2D eigenvalue weighted by molar-refractivity contribution is 8.73. The van der Waals surface area contributed by atoms with E-state index in [9.17, 15) is 13.0 Å². The van der Waals surface area contributed by atoms with Crippen LogP contribution in [0, 0.1) is 0 Å². The number of rotatable bonds is 8. The minimum Gasteiger partial charge on any atom is -0.605 e. The first kappa shape index (κ1) is 17.8. The molecule has 0 fully saturated rings. The molecular formula is C12H20O3S3. The second-order valence-electron chi connectivity index (χ2n) is 4.45. The number of sulfone groups is 1. The van der Waals surface area contributed by atoms with Crippen LogP contribution in [0.2, 0.25) is 0 Å². The average molecular weight is 308 g/mol. The highest BCUT2D eigenvalue weighted by Crippen LogP contribution is 2.19. The topological polar surface area (TPSA) is 57.2 Å². The monoisotopic (exact) mass is 308 g/mol. The standard InChI is InChI=1S/C12H20O3S3/c1-10(2)7-17(13)16-6-12(5)9-18(14,15)8-11(3)4/h6H,1,3,7-9H2,2,4-5H3/b12-6-. The Balaban J connectivity index is 4.36. The van der Waals surface area contributed by atoms with E-state index in [-0.39, 0.29) is 11.5 Å². The molecular weight excluding hydrogens is 288 g/mol. The summed E-state index contributed by atoms with van der Waals surface area (Å²) in [7, 11) is -3.10. The van der Waals surface area contributed by atoms with E-state index in [4.69, 9.17) is 0 Å². The minimum atomic E-state index is -3.15. The molecule has 0 aromatic carbocycles. The zero-order valence-corrected chi connectivity index (χ0v) is 13.5. The van der Waals surface area contributed by atoms with Crippen LogP contribution in [0.1, 0.15) is 20.8 Å². The average Bonchev–Trinajstić information content (AvgIpc) is 2.10. The van der Waals surface area contributed by atoms with Gasteiger partial charge in [-0.25, -0.2) is 8.42 Å². The Morgan fingerprint density at radius 1 is 1.22 bits per heavy atom. The Morgan fingerprint density at radius 3 is 2.22 bits per heavy atom. The quantitative estimate of drug-likeness (QED) is 0.393. The molecule has 0 aromatic rings. The molecule has 0 aromatic heterocycles. The Kier molecular flexibility index (Phi) is 8.02. The van der Waals surface area contributed by atoms with Crippen LogP contribution < -0.4 is 0 Å². The Labute approximate surface area is 117 Å². The Bertz CT molecular complexity index is 435. The molecule has 0 bridgehead atoms. The third kappa shape index (κ3) is 9.82. The fourth-order valence-electron chi connectivity index (χ4n) is 1.18. The van der Waals surface area contributed by atoms with E-state index in [1.54, 1.807) is 19.3 Å². The lowest BCUT2D eigenvalue weighted by Crippen LogP contribution is -2.12. The van der Waals surface area contributed by atoms with E-state index in [0.29, 0.717) is 16.9 Å². The van der Waals surface area contributed by atoms with Gasteiger partial charge in [0.25, 0.3) is 0 Å². The summed E-state index contributed by atoms with van der Waals surface area (Å²) in [5, 5.41) is 1.65. The predicted molar refractivity (Wildman–Crippen MR) is 82.6 cm³/mol. The van der Waals surface area contributed by atoms with Crippen molar-refractivity contribution in [3.05, 3.63) is 35.3 Å². The molecule has 1 atom stereocenters. The first-order valence-electron chi connectivity index (χ1n) is 5.32. The van der Waals surface area contributed by atoms with Gasteiger partial charge in [0.05, 0.1) is 11.5 Å². The van der Waals surface area contributed by atoms with E-state index < -0.39 is 20.0 Å². The van der Waals surface area contributed by atoms with Crippen molar-refractivity contribution in [1.29, 1.82) is 0 Å². The molecule has 0 heterocycles. The van der Waals surface area contributed by atoms with Crippen molar-refractivity contribution >= 4 is 30.8 Å². The second-order valence-corrected chi connectivity index (χ2v) is 9.54. The van der Waals surface area contributed by atoms with Gasteiger partial charge in [-0.1, -0.05) is 18.7 Å². The van der Waals surface area contributed by atoms with Crippen LogP contribution in [0.5, 0.6) is 0 Å². The summed E-state index contributed by atoms with van der Waals surface area (Å²) in [5.41, 5.74) is 2.17. The molecule has 6 heteroatoms. The van der Waals surface area contributed by atoms with Crippen molar-refractivity contribution in [1.82, 2.24) is 0 Å². The van der Waals surface area contributed by atoms with Crippen molar-refractivity contribution in [3.63, 3.8) is 0 Å². The highest BCUT2D eigenvalue weighted by atomic mass is 33.1. The maximum atomic E-state index is 11.7.